The molecule has 110 valence electrons. The van der Waals surface area contributed by atoms with Crippen molar-refractivity contribution in [2.24, 2.45) is 0 Å². The maximum absolute atomic E-state index is 6.25. The lowest BCUT2D eigenvalue weighted by molar-refractivity contribution is 0.374. The Bertz CT molecular complexity index is 638. The molecule has 0 aromatic heterocycles. The van der Waals surface area contributed by atoms with Gasteiger partial charge in [0.2, 0.25) is 0 Å². The molecule has 2 aromatic rings. The number of hydrogen-bond donors (Lipinski definition) is 1. The summed E-state index contributed by atoms with van der Waals surface area (Å²) in [4.78, 5) is 0. The van der Waals surface area contributed by atoms with Crippen molar-refractivity contribution < 1.29 is 4.74 Å². The van der Waals surface area contributed by atoms with Crippen molar-refractivity contribution in [3.8, 4) is 5.75 Å². The highest BCUT2D eigenvalue weighted by molar-refractivity contribution is 6.33. The number of benzene rings is 2. The lowest BCUT2D eigenvalue weighted by Crippen LogP contribution is -2.34. The van der Waals surface area contributed by atoms with E-state index in [9.17, 15) is 0 Å². The predicted molar refractivity (Wildman–Crippen MR) is 88.8 cm³/mol. The second kappa shape index (κ2) is 6.17. The summed E-state index contributed by atoms with van der Waals surface area (Å²) in [5, 5.41) is 5.07. The molecule has 0 unspecified atom stereocenters. The third-order valence-electron chi connectivity index (χ3n) is 4.02. The van der Waals surface area contributed by atoms with Gasteiger partial charge in [-0.1, -0.05) is 41.4 Å². The summed E-state index contributed by atoms with van der Waals surface area (Å²) in [6.45, 7) is 0. The third kappa shape index (κ3) is 3.12. The fourth-order valence-electron chi connectivity index (χ4n) is 2.76. The number of hydrogen-bond acceptors (Lipinski definition) is 2. The van der Waals surface area contributed by atoms with Crippen LogP contribution in [-0.4, -0.2) is 13.2 Å². The summed E-state index contributed by atoms with van der Waals surface area (Å²) in [5.41, 5.74) is 2.17. The highest BCUT2D eigenvalue weighted by Crippen LogP contribution is 2.42. The zero-order valence-corrected chi connectivity index (χ0v) is 13.3. The van der Waals surface area contributed by atoms with E-state index in [0.29, 0.717) is 12.0 Å². The van der Waals surface area contributed by atoms with Crippen molar-refractivity contribution in [1.29, 1.82) is 0 Å². The SMILES string of the molecule is COc1ccc(Cl)c(NC2CC(c3ccccc3Cl)C2)c1. The summed E-state index contributed by atoms with van der Waals surface area (Å²) in [6.07, 6.45) is 2.13. The molecule has 1 aliphatic rings. The highest BCUT2D eigenvalue weighted by Gasteiger charge is 2.31. The molecule has 0 atom stereocenters. The van der Waals surface area contributed by atoms with E-state index in [1.54, 1.807) is 7.11 Å². The topological polar surface area (TPSA) is 21.3 Å². The average molecular weight is 322 g/mol. The first-order valence-corrected chi connectivity index (χ1v) is 7.77. The summed E-state index contributed by atoms with van der Waals surface area (Å²) < 4.78 is 5.23. The Hall–Kier alpha value is -1.38. The molecule has 1 N–H and O–H groups in total. The minimum atomic E-state index is 0.427. The zero-order valence-electron chi connectivity index (χ0n) is 11.8. The molecule has 2 aromatic carbocycles. The largest absolute Gasteiger partial charge is 0.497 e. The van der Waals surface area contributed by atoms with Crippen LogP contribution in [0.5, 0.6) is 5.75 Å². The van der Waals surface area contributed by atoms with Crippen LogP contribution >= 0.6 is 23.2 Å². The fraction of sp³-hybridized carbons (Fsp3) is 0.294. The van der Waals surface area contributed by atoms with Crippen molar-refractivity contribution >= 4 is 28.9 Å². The summed E-state index contributed by atoms with van der Waals surface area (Å²) >= 11 is 12.5. The van der Waals surface area contributed by atoms with Gasteiger partial charge in [0, 0.05) is 17.1 Å². The van der Waals surface area contributed by atoms with Gasteiger partial charge in [-0.25, -0.2) is 0 Å². The average Bonchev–Trinajstić information content (AvgIpc) is 2.45. The predicted octanol–water partition coefficient (Wildman–Crippen LogP) is 5.36. The first kappa shape index (κ1) is 14.6. The van der Waals surface area contributed by atoms with Crippen LogP contribution < -0.4 is 10.1 Å². The van der Waals surface area contributed by atoms with E-state index in [1.165, 1.54) is 5.56 Å². The number of methoxy groups -OCH3 is 1. The second-order valence-electron chi connectivity index (χ2n) is 5.38. The third-order valence-corrected chi connectivity index (χ3v) is 4.69. The quantitative estimate of drug-likeness (QED) is 0.818. The first-order valence-electron chi connectivity index (χ1n) is 7.02. The molecule has 2 nitrogen and oxygen atoms in total. The normalized spacial score (nSPS) is 20.7. The number of nitrogens with one attached hydrogen (secondary N) is 1. The summed E-state index contributed by atoms with van der Waals surface area (Å²) in [5.74, 6) is 1.34. The monoisotopic (exact) mass is 321 g/mol. The van der Waals surface area contributed by atoms with E-state index in [1.807, 2.05) is 36.4 Å². The Morgan fingerprint density at radius 2 is 1.81 bits per heavy atom. The molecule has 0 saturated heterocycles. The van der Waals surface area contributed by atoms with Gasteiger partial charge in [-0.05, 0) is 42.5 Å². The van der Waals surface area contributed by atoms with Crippen LogP contribution in [0.1, 0.15) is 24.3 Å². The molecule has 21 heavy (non-hydrogen) atoms. The molecular weight excluding hydrogens is 305 g/mol. The van der Waals surface area contributed by atoms with Crippen LogP contribution in [0.2, 0.25) is 10.0 Å². The lowest BCUT2D eigenvalue weighted by atomic mass is 9.76. The van der Waals surface area contributed by atoms with Crippen molar-refractivity contribution in [3.05, 3.63) is 58.1 Å². The molecule has 0 spiro atoms. The smallest absolute Gasteiger partial charge is 0.121 e. The first-order chi connectivity index (χ1) is 10.2. The van der Waals surface area contributed by atoms with Crippen LogP contribution in [0.15, 0.2) is 42.5 Å². The van der Waals surface area contributed by atoms with Gasteiger partial charge in [-0.3, -0.25) is 0 Å². The van der Waals surface area contributed by atoms with Crippen LogP contribution in [0.25, 0.3) is 0 Å². The van der Waals surface area contributed by atoms with Gasteiger partial charge in [0.15, 0.2) is 0 Å². The van der Waals surface area contributed by atoms with E-state index in [-0.39, 0.29) is 0 Å². The molecule has 0 heterocycles. The van der Waals surface area contributed by atoms with Gasteiger partial charge in [0.25, 0.3) is 0 Å². The van der Waals surface area contributed by atoms with Crippen LogP contribution in [0.4, 0.5) is 5.69 Å². The molecule has 0 aliphatic heterocycles. The van der Waals surface area contributed by atoms with E-state index in [4.69, 9.17) is 27.9 Å². The van der Waals surface area contributed by atoms with Gasteiger partial charge in [-0.2, -0.15) is 0 Å². The maximum atomic E-state index is 6.25. The Morgan fingerprint density at radius 1 is 1.05 bits per heavy atom. The van der Waals surface area contributed by atoms with Gasteiger partial charge >= 0.3 is 0 Å². The van der Waals surface area contributed by atoms with Crippen molar-refractivity contribution in [2.45, 2.75) is 24.8 Å². The molecule has 1 aliphatic carbocycles. The minimum Gasteiger partial charge on any atom is -0.497 e. The number of ether oxygens (including phenoxy) is 1. The van der Waals surface area contributed by atoms with Crippen LogP contribution in [0.3, 0.4) is 0 Å². The van der Waals surface area contributed by atoms with Gasteiger partial charge < -0.3 is 10.1 Å². The highest BCUT2D eigenvalue weighted by atomic mass is 35.5. The Morgan fingerprint density at radius 3 is 2.52 bits per heavy atom. The Kier molecular flexibility index (Phi) is 4.27. The van der Waals surface area contributed by atoms with Gasteiger partial charge in [0.1, 0.15) is 5.75 Å². The zero-order chi connectivity index (χ0) is 14.8. The Labute approximate surface area is 135 Å². The molecule has 0 radical (unpaired) electrons. The molecule has 3 rings (SSSR count). The van der Waals surface area contributed by atoms with Gasteiger partial charge in [-0.15, -0.1) is 0 Å². The van der Waals surface area contributed by atoms with Gasteiger partial charge in [0.05, 0.1) is 17.8 Å². The lowest BCUT2D eigenvalue weighted by Gasteiger charge is -2.37. The van der Waals surface area contributed by atoms with Crippen molar-refractivity contribution in [1.82, 2.24) is 0 Å². The molecule has 1 saturated carbocycles. The minimum absolute atomic E-state index is 0.427. The molecule has 1 fully saturated rings. The number of anilines is 1. The number of rotatable bonds is 4. The fourth-order valence-corrected chi connectivity index (χ4v) is 3.22. The maximum Gasteiger partial charge on any atom is 0.121 e. The van der Waals surface area contributed by atoms with E-state index < -0.39 is 0 Å². The summed E-state index contributed by atoms with van der Waals surface area (Å²) in [6, 6.07) is 14.2. The van der Waals surface area contributed by atoms with E-state index >= 15 is 0 Å². The van der Waals surface area contributed by atoms with Crippen molar-refractivity contribution in [3.63, 3.8) is 0 Å². The molecular formula is C17H17Cl2NO. The summed E-state index contributed by atoms with van der Waals surface area (Å²) in [7, 11) is 1.66. The van der Waals surface area contributed by atoms with Crippen LogP contribution in [-0.2, 0) is 0 Å². The Balaban J connectivity index is 1.64. The molecule has 0 amide bonds. The standard InChI is InChI=1S/C17H17Cl2NO/c1-21-13-6-7-16(19)17(10-13)20-12-8-11(9-12)14-4-2-3-5-15(14)18/h2-7,10-12,20H,8-9H2,1H3. The molecule has 4 heteroatoms. The second-order valence-corrected chi connectivity index (χ2v) is 6.19. The van der Waals surface area contributed by atoms with Crippen molar-refractivity contribution in [2.75, 3.05) is 12.4 Å². The van der Waals surface area contributed by atoms with E-state index in [2.05, 4.69) is 11.4 Å². The van der Waals surface area contributed by atoms with E-state index in [0.717, 1.165) is 34.3 Å². The number of halogens is 2. The molecule has 0 bridgehead atoms. The van der Waals surface area contributed by atoms with Crippen LogP contribution in [0, 0.1) is 0 Å².